The van der Waals surface area contributed by atoms with E-state index in [0.717, 1.165) is 28.1 Å². The van der Waals surface area contributed by atoms with Gasteiger partial charge in [-0.2, -0.15) is 0 Å². The average molecular weight is 389 g/mol. The Hall–Kier alpha value is -4.25. The monoisotopic (exact) mass is 389 g/mol. The van der Waals surface area contributed by atoms with Gasteiger partial charge in [0.05, 0.1) is 11.4 Å². The Kier molecular flexibility index (Phi) is 5.91. The highest BCUT2D eigenvalue weighted by Crippen LogP contribution is 2.19. The van der Waals surface area contributed by atoms with Gasteiger partial charge in [0.1, 0.15) is 6.33 Å². The second-order valence-corrected chi connectivity index (χ2v) is 6.37. The fourth-order valence-corrected chi connectivity index (χ4v) is 2.87. The number of benzene rings is 1. The number of rotatable bonds is 6. The molecule has 0 unspecified atom stereocenters. The van der Waals surface area contributed by atoms with Gasteiger partial charge in [0.15, 0.2) is 11.6 Å². The fraction of sp³-hybridized carbons (Fsp3) is 0. The topological polar surface area (TPSA) is 64.5 Å². The first-order valence-electron chi connectivity index (χ1n) is 9.46. The summed E-state index contributed by atoms with van der Waals surface area (Å²) in [5.41, 5.74) is 4.55. The summed E-state index contributed by atoms with van der Waals surface area (Å²) in [7, 11) is 0. The van der Waals surface area contributed by atoms with E-state index in [1.165, 1.54) is 6.33 Å². The molecule has 144 valence electrons. The second-order valence-electron chi connectivity index (χ2n) is 6.37. The molecule has 0 aliphatic rings. The molecule has 4 rings (SSSR count). The SMILES string of the molecule is C=C/C(=C\C=C\c1ncnc(-c2ccccc2)n1)c1ccc(-c2ccccn2)nc1. The van der Waals surface area contributed by atoms with E-state index in [2.05, 4.69) is 31.5 Å². The van der Waals surface area contributed by atoms with Gasteiger partial charge in [0, 0.05) is 23.5 Å². The van der Waals surface area contributed by atoms with Crippen molar-refractivity contribution in [2.24, 2.45) is 0 Å². The number of nitrogens with zero attached hydrogens (tertiary/aromatic N) is 5. The zero-order valence-corrected chi connectivity index (χ0v) is 16.3. The molecule has 0 saturated carbocycles. The number of pyridine rings is 2. The Morgan fingerprint density at radius 2 is 1.63 bits per heavy atom. The summed E-state index contributed by atoms with van der Waals surface area (Å²) in [5.74, 6) is 1.24. The molecule has 0 aliphatic heterocycles. The summed E-state index contributed by atoms with van der Waals surface area (Å²) in [6.07, 6.45) is 12.6. The molecule has 0 atom stereocenters. The van der Waals surface area contributed by atoms with E-state index >= 15 is 0 Å². The minimum Gasteiger partial charge on any atom is -0.255 e. The van der Waals surface area contributed by atoms with Crippen molar-refractivity contribution in [1.82, 2.24) is 24.9 Å². The van der Waals surface area contributed by atoms with E-state index in [1.54, 1.807) is 12.3 Å². The van der Waals surface area contributed by atoms with Crippen LogP contribution in [0.5, 0.6) is 0 Å². The molecule has 0 spiro atoms. The molecule has 1 aromatic carbocycles. The first kappa shape index (κ1) is 19.1. The summed E-state index contributed by atoms with van der Waals surface area (Å²) in [4.78, 5) is 21.8. The van der Waals surface area contributed by atoms with Gasteiger partial charge in [0.2, 0.25) is 0 Å². The molecule has 0 amide bonds. The van der Waals surface area contributed by atoms with Crippen LogP contribution in [-0.4, -0.2) is 24.9 Å². The van der Waals surface area contributed by atoms with Crippen molar-refractivity contribution in [3.05, 3.63) is 116 Å². The van der Waals surface area contributed by atoms with Crippen molar-refractivity contribution >= 4 is 11.6 Å². The molecule has 4 aromatic rings. The third-order valence-corrected chi connectivity index (χ3v) is 4.39. The smallest absolute Gasteiger partial charge is 0.163 e. The van der Waals surface area contributed by atoms with E-state index in [0.29, 0.717) is 11.6 Å². The van der Waals surface area contributed by atoms with Gasteiger partial charge in [-0.05, 0) is 29.8 Å². The Labute approximate surface area is 175 Å². The second kappa shape index (κ2) is 9.30. The van der Waals surface area contributed by atoms with Gasteiger partial charge in [0.25, 0.3) is 0 Å². The Bertz CT molecular complexity index is 1180. The molecular formula is C25H19N5. The van der Waals surface area contributed by atoms with Crippen molar-refractivity contribution in [3.8, 4) is 22.8 Å². The number of hydrogen-bond acceptors (Lipinski definition) is 5. The quantitative estimate of drug-likeness (QED) is 0.420. The lowest BCUT2D eigenvalue weighted by Gasteiger charge is -2.03. The third-order valence-electron chi connectivity index (χ3n) is 4.39. The van der Waals surface area contributed by atoms with Gasteiger partial charge in [-0.1, -0.05) is 67.3 Å². The summed E-state index contributed by atoms with van der Waals surface area (Å²) in [6, 6.07) is 19.6. The van der Waals surface area contributed by atoms with Crippen molar-refractivity contribution in [3.63, 3.8) is 0 Å². The van der Waals surface area contributed by atoms with Crippen LogP contribution in [0.25, 0.3) is 34.4 Å². The van der Waals surface area contributed by atoms with Crippen LogP contribution in [0.1, 0.15) is 11.4 Å². The average Bonchev–Trinajstić information content (AvgIpc) is 2.83. The highest BCUT2D eigenvalue weighted by Gasteiger charge is 2.03. The number of aromatic nitrogens is 5. The number of allylic oxidation sites excluding steroid dienone is 4. The van der Waals surface area contributed by atoms with Gasteiger partial charge < -0.3 is 0 Å². The predicted octanol–water partition coefficient (Wildman–Crippen LogP) is 5.28. The molecule has 0 radical (unpaired) electrons. The largest absolute Gasteiger partial charge is 0.255 e. The molecule has 5 nitrogen and oxygen atoms in total. The first-order chi connectivity index (χ1) is 14.8. The summed E-state index contributed by atoms with van der Waals surface area (Å²) in [5, 5.41) is 0. The molecule has 0 N–H and O–H groups in total. The zero-order chi connectivity index (χ0) is 20.6. The molecule has 0 fully saturated rings. The molecule has 5 heteroatoms. The molecule has 3 heterocycles. The minimum absolute atomic E-state index is 0.590. The molecular weight excluding hydrogens is 370 g/mol. The van der Waals surface area contributed by atoms with E-state index in [4.69, 9.17) is 0 Å². The molecule has 0 saturated heterocycles. The van der Waals surface area contributed by atoms with Crippen molar-refractivity contribution in [2.75, 3.05) is 0 Å². The maximum Gasteiger partial charge on any atom is 0.163 e. The van der Waals surface area contributed by atoms with Crippen LogP contribution in [0, 0.1) is 0 Å². The van der Waals surface area contributed by atoms with Crippen LogP contribution in [0.3, 0.4) is 0 Å². The maximum atomic E-state index is 4.52. The summed E-state index contributed by atoms with van der Waals surface area (Å²) >= 11 is 0. The fourth-order valence-electron chi connectivity index (χ4n) is 2.87. The zero-order valence-electron chi connectivity index (χ0n) is 16.3. The minimum atomic E-state index is 0.590. The maximum absolute atomic E-state index is 4.52. The lowest BCUT2D eigenvalue weighted by molar-refractivity contribution is 1.04. The van der Waals surface area contributed by atoms with Crippen LogP contribution in [-0.2, 0) is 0 Å². The lowest BCUT2D eigenvalue weighted by atomic mass is 10.1. The van der Waals surface area contributed by atoms with Crippen molar-refractivity contribution < 1.29 is 0 Å². The van der Waals surface area contributed by atoms with E-state index < -0.39 is 0 Å². The lowest BCUT2D eigenvalue weighted by Crippen LogP contribution is -1.94. The number of hydrogen-bond donors (Lipinski definition) is 0. The van der Waals surface area contributed by atoms with Gasteiger partial charge in [-0.3, -0.25) is 9.97 Å². The van der Waals surface area contributed by atoms with Crippen LogP contribution >= 0.6 is 0 Å². The highest BCUT2D eigenvalue weighted by molar-refractivity contribution is 5.76. The Balaban J connectivity index is 1.52. The van der Waals surface area contributed by atoms with E-state index in [1.807, 2.05) is 85.1 Å². The van der Waals surface area contributed by atoms with Crippen LogP contribution in [0.2, 0.25) is 0 Å². The van der Waals surface area contributed by atoms with Crippen LogP contribution < -0.4 is 0 Å². The van der Waals surface area contributed by atoms with E-state index in [9.17, 15) is 0 Å². The Morgan fingerprint density at radius 3 is 2.37 bits per heavy atom. The molecule has 30 heavy (non-hydrogen) atoms. The molecule has 3 aromatic heterocycles. The normalized spacial score (nSPS) is 11.5. The highest BCUT2D eigenvalue weighted by atomic mass is 15.0. The van der Waals surface area contributed by atoms with E-state index in [-0.39, 0.29) is 0 Å². The third kappa shape index (κ3) is 4.59. The van der Waals surface area contributed by atoms with Crippen molar-refractivity contribution in [2.45, 2.75) is 0 Å². The van der Waals surface area contributed by atoms with Crippen LogP contribution in [0.4, 0.5) is 0 Å². The summed E-state index contributed by atoms with van der Waals surface area (Å²) < 4.78 is 0. The Morgan fingerprint density at radius 1 is 0.800 bits per heavy atom. The molecule has 0 aliphatic carbocycles. The standard InChI is InChI=1S/C25H19N5/c1-2-19(21-14-15-23(27-17-21)22-12-6-7-16-26-22)11-8-13-24-28-18-29-25(30-24)20-9-4-3-5-10-20/h2-18H,1H2/b13-8+,19-11+. The van der Waals surface area contributed by atoms with Gasteiger partial charge in [-0.25, -0.2) is 15.0 Å². The molecule has 0 bridgehead atoms. The van der Waals surface area contributed by atoms with Gasteiger partial charge >= 0.3 is 0 Å². The van der Waals surface area contributed by atoms with Gasteiger partial charge in [-0.15, -0.1) is 0 Å². The summed E-state index contributed by atoms with van der Waals surface area (Å²) in [6.45, 7) is 3.91. The predicted molar refractivity (Wildman–Crippen MR) is 120 cm³/mol. The van der Waals surface area contributed by atoms with Crippen molar-refractivity contribution in [1.29, 1.82) is 0 Å². The van der Waals surface area contributed by atoms with Crippen LogP contribution in [0.15, 0.2) is 104 Å². The first-order valence-corrected chi connectivity index (χ1v) is 9.46.